The molecule has 1 aliphatic carbocycles. The number of ether oxygens (including phenoxy) is 2. The van der Waals surface area contributed by atoms with Gasteiger partial charge in [-0.1, -0.05) is 11.6 Å². The van der Waals surface area contributed by atoms with Gasteiger partial charge >= 0.3 is 5.97 Å². The number of carbonyl (C=O) groups is 1. The summed E-state index contributed by atoms with van der Waals surface area (Å²) >= 11 is 6.16. The molecule has 0 heterocycles. The zero-order valence-electron chi connectivity index (χ0n) is 11.1. The van der Waals surface area contributed by atoms with Gasteiger partial charge in [0, 0.05) is 7.11 Å². The number of carbonyl (C=O) groups excluding carboxylic acids is 1. The van der Waals surface area contributed by atoms with Crippen LogP contribution in [-0.2, 0) is 9.47 Å². The molecule has 1 fully saturated rings. The largest absolute Gasteiger partial charge is 0.465 e. The highest BCUT2D eigenvalue weighted by Crippen LogP contribution is 2.35. The third-order valence-electron chi connectivity index (χ3n) is 3.27. The SMILES string of the molecule is COCC(Nc1cc(C(=O)OC)ccc1Cl)C1CC1. The lowest BCUT2D eigenvalue weighted by molar-refractivity contribution is 0.0601. The second-order valence-electron chi connectivity index (χ2n) is 4.73. The summed E-state index contributed by atoms with van der Waals surface area (Å²) in [4.78, 5) is 11.5. The molecule has 0 bridgehead atoms. The zero-order chi connectivity index (χ0) is 13.8. The van der Waals surface area contributed by atoms with E-state index in [4.69, 9.17) is 21.1 Å². The van der Waals surface area contributed by atoms with E-state index in [0.29, 0.717) is 23.1 Å². The summed E-state index contributed by atoms with van der Waals surface area (Å²) in [5.74, 6) is 0.257. The molecule has 0 radical (unpaired) electrons. The van der Waals surface area contributed by atoms with E-state index < -0.39 is 0 Å². The Bertz CT molecular complexity index is 460. The molecule has 104 valence electrons. The van der Waals surface area contributed by atoms with Gasteiger partial charge in [0.05, 0.1) is 36.0 Å². The lowest BCUT2D eigenvalue weighted by Gasteiger charge is -2.20. The van der Waals surface area contributed by atoms with Crippen LogP contribution < -0.4 is 5.32 Å². The number of methoxy groups -OCH3 is 2. The number of nitrogens with one attached hydrogen (secondary N) is 1. The van der Waals surface area contributed by atoms with Crippen LogP contribution in [0.2, 0.25) is 5.02 Å². The monoisotopic (exact) mass is 283 g/mol. The summed E-state index contributed by atoms with van der Waals surface area (Å²) in [5.41, 5.74) is 1.24. The van der Waals surface area contributed by atoms with E-state index in [1.54, 1.807) is 25.3 Å². The molecule has 1 atom stereocenters. The number of benzene rings is 1. The number of esters is 1. The van der Waals surface area contributed by atoms with Gasteiger partial charge in [0.15, 0.2) is 0 Å². The minimum atomic E-state index is -0.366. The first-order valence-corrected chi connectivity index (χ1v) is 6.67. The Morgan fingerprint density at radius 3 is 2.79 bits per heavy atom. The molecule has 1 unspecified atom stereocenters. The standard InChI is InChI=1S/C14H18ClNO3/c1-18-8-13(9-3-4-9)16-12-7-10(14(17)19-2)5-6-11(12)15/h5-7,9,13,16H,3-4,8H2,1-2H3. The minimum absolute atomic E-state index is 0.232. The predicted molar refractivity (Wildman–Crippen MR) is 74.8 cm³/mol. The third-order valence-corrected chi connectivity index (χ3v) is 3.60. The summed E-state index contributed by atoms with van der Waals surface area (Å²) in [7, 11) is 3.05. The van der Waals surface area contributed by atoms with Gasteiger partial charge in [0.1, 0.15) is 0 Å². The van der Waals surface area contributed by atoms with Crippen molar-refractivity contribution in [3.05, 3.63) is 28.8 Å². The van der Waals surface area contributed by atoms with Gasteiger partial charge in [-0.05, 0) is 37.0 Å². The van der Waals surface area contributed by atoms with Gasteiger partial charge in [0.25, 0.3) is 0 Å². The van der Waals surface area contributed by atoms with Crippen molar-refractivity contribution in [1.82, 2.24) is 0 Å². The average molecular weight is 284 g/mol. The highest BCUT2D eigenvalue weighted by atomic mass is 35.5. The quantitative estimate of drug-likeness (QED) is 0.816. The second kappa shape index (κ2) is 6.26. The summed E-state index contributed by atoms with van der Waals surface area (Å²) in [6.45, 7) is 0.628. The maximum atomic E-state index is 11.5. The van der Waals surface area contributed by atoms with E-state index in [0.717, 1.165) is 5.69 Å². The van der Waals surface area contributed by atoms with Gasteiger partial charge in [-0.25, -0.2) is 4.79 Å². The number of hydrogen-bond acceptors (Lipinski definition) is 4. The second-order valence-corrected chi connectivity index (χ2v) is 5.14. The molecule has 2 rings (SSSR count). The Hall–Kier alpha value is -1.26. The summed E-state index contributed by atoms with van der Waals surface area (Å²) < 4.78 is 9.93. The molecular formula is C14H18ClNO3. The first kappa shape index (κ1) is 14.2. The maximum Gasteiger partial charge on any atom is 0.337 e. The van der Waals surface area contributed by atoms with E-state index >= 15 is 0 Å². The van der Waals surface area contributed by atoms with Crippen LogP contribution in [0.3, 0.4) is 0 Å². The van der Waals surface area contributed by atoms with Crippen molar-refractivity contribution in [2.24, 2.45) is 5.92 Å². The molecule has 1 aromatic rings. The van der Waals surface area contributed by atoms with Crippen molar-refractivity contribution < 1.29 is 14.3 Å². The van der Waals surface area contributed by atoms with E-state index in [1.165, 1.54) is 20.0 Å². The third kappa shape index (κ3) is 3.61. The molecule has 1 aromatic carbocycles. The lowest BCUT2D eigenvalue weighted by atomic mass is 10.1. The van der Waals surface area contributed by atoms with E-state index in [9.17, 15) is 4.79 Å². The summed E-state index contributed by atoms with van der Waals surface area (Å²) in [5, 5.41) is 3.96. The fraction of sp³-hybridized carbons (Fsp3) is 0.500. The van der Waals surface area contributed by atoms with Crippen LogP contribution in [0.5, 0.6) is 0 Å². The average Bonchev–Trinajstić information content (AvgIpc) is 3.24. The molecule has 1 saturated carbocycles. The van der Waals surface area contributed by atoms with Crippen molar-refractivity contribution in [3.8, 4) is 0 Å². The molecule has 0 spiro atoms. The van der Waals surface area contributed by atoms with Gasteiger partial charge in [-0.2, -0.15) is 0 Å². The molecule has 0 aromatic heterocycles. The molecular weight excluding hydrogens is 266 g/mol. The van der Waals surface area contributed by atoms with Crippen molar-refractivity contribution in [1.29, 1.82) is 0 Å². The van der Waals surface area contributed by atoms with Crippen LogP contribution in [0.1, 0.15) is 23.2 Å². The number of anilines is 1. The smallest absolute Gasteiger partial charge is 0.337 e. The van der Waals surface area contributed by atoms with Crippen LogP contribution in [0.15, 0.2) is 18.2 Å². The maximum absolute atomic E-state index is 11.5. The van der Waals surface area contributed by atoms with Crippen molar-refractivity contribution in [3.63, 3.8) is 0 Å². The Labute approximate surface area is 118 Å². The Balaban J connectivity index is 2.15. The zero-order valence-corrected chi connectivity index (χ0v) is 11.9. The van der Waals surface area contributed by atoms with Crippen LogP contribution in [0.4, 0.5) is 5.69 Å². The number of hydrogen-bond donors (Lipinski definition) is 1. The molecule has 0 amide bonds. The molecule has 5 heteroatoms. The van der Waals surface area contributed by atoms with Gasteiger partial charge in [-0.15, -0.1) is 0 Å². The minimum Gasteiger partial charge on any atom is -0.465 e. The van der Waals surface area contributed by atoms with E-state index in [-0.39, 0.29) is 12.0 Å². The van der Waals surface area contributed by atoms with Crippen LogP contribution in [-0.4, -0.2) is 32.8 Å². The summed E-state index contributed by atoms with van der Waals surface area (Å²) in [6, 6.07) is 5.31. The Morgan fingerprint density at radius 2 is 2.21 bits per heavy atom. The van der Waals surface area contributed by atoms with Crippen molar-refractivity contribution in [2.45, 2.75) is 18.9 Å². The molecule has 4 nitrogen and oxygen atoms in total. The highest BCUT2D eigenvalue weighted by molar-refractivity contribution is 6.33. The topological polar surface area (TPSA) is 47.6 Å². The summed E-state index contributed by atoms with van der Waals surface area (Å²) in [6.07, 6.45) is 2.41. The predicted octanol–water partition coefficient (Wildman–Crippen LogP) is 2.96. The fourth-order valence-electron chi connectivity index (χ4n) is 2.05. The molecule has 19 heavy (non-hydrogen) atoms. The lowest BCUT2D eigenvalue weighted by Crippen LogP contribution is -2.27. The van der Waals surface area contributed by atoms with Crippen LogP contribution >= 0.6 is 11.6 Å². The highest BCUT2D eigenvalue weighted by Gasteiger charge is 2.31. The first-order chi connectivity index (χ1) is 9.15. The van der Waals surface area contributed by atoms with E-state index in [1.807, 2.05) is 0 Å². The molecule has 1 aliphatic rings. The van der Waals surface area contributed by atoms with Crippen molar-refractivity contribution >= 4 is 23.3 Å². The molecule has 0 aliphatic heterocycles. The Kier molecular flexibility index (Phi) is 4.66. The van der Waals surface area contributed by atoms with Gasteiger partial charge in [0.2, 0.25) is 0 Å². The first-order valence-electron chi connectivity index (χ1n) is 6.29. The number of rotatable bonds is 6. The van der Waals surface area contributed by atoms with Crippen molar-refractivity contribution in [2.75, 3.05) is 26.1 Å². The van der Waals surface area contributed by atoms with E-state index in [2.05, 4.69) is 5.32 Å². The normalized spacial score (nSPS) is 15.9. The van der Waals surface area contributed by atoms with Gasteiger partial charge < -0.3 is 14.8 Å². The Morgan fingerprint density at radius 1 is 1.47 bits per heavy atom. The molecule has 1 N–H and O–H groups in total. The van der Waals surface area contributed by atoms with Gasteiger partial charge in [-0.3, -0.25) is 0 Å². The van der Waals surface area contributed by atoms with Crippen LogP contribution in [0, 0.1) is 5.92 Å². The molecule has 0 saturated heterocycles. The fourth-order valence-corrected chi connectivity index (χ4v) is 2.23. The number of halogens is 1. The van der Waals surface area contributed by atoms with Crippen LogP contribution in [0.25, 0.3) is 0 Å².